The molecule has 1 amide bonds. The number of aromatic nitrogens is 1. The third-order valence-electron chi connectivity index (χ3n) is 3.04. The van der Waals surface area contributed by atoms with Crippen LogP contribution in [-0.2, 0) is 0 Å². The predicted octanol–water partition coefficient (Wildman–Crippen LogP) is 3.21. The summed E-state index contributed by atoms with van der Waals surface area (Å²) < 4.78 is 17.8. The molecule has 0 saturated heterocycles. The molecule has 110 valence electrons. The summed E-state index contributed by atoms with van der Waals surface area (Å²) in [5.41, 5.74) is 0.964. The molecule has 4 nitrogen and oxygen atoms in total. The van der Waals surface area contributed by atoms with Crippen molar-refractivity contribution in [3.8, 4) is 5.75 Å². The van der Waals surface area contributed by atoms with E-state index in [1.165, 1.54) is 6.20 Å². The first kappa shape index (κ1) is 16.1. The summed E-state index contributed by atoms with van der Waals surface area (Å²) in [6, 6.07) is 3.30. The largest absolute Gasteiger partial charge is 0.488 e. The first-order chi connectivity index (χ1) is 9.65. The van der Waals surface area contributed by atoms with Gasteiger partial charge in [-0.25, -0.2) is 9.37 Å². The van der Waals surface area contributed by atoms with Crippen molar-refractivity contribution in [2.24, 2.45) is 0 Å². The van der Waals surface area contributed by atoms with E-state index >= 15 is 0 Å². The van der Waals surface area contributed by atoms with Gasteiger partial charge in [0.15, 0.2) is 0 Å². The second kappa shape index (κ2) is 8.30. The van der Waals surface area contributed by atoms with E-state index in [-0.39, 0.29) is 12.5 Å². The molecule has 0 atom stereocenters. The lowest BCUT2D eigenvalue weighted by Crippen LogP contribution is -2.31. The maximum atomic E-state index is 12.4. The van der Waals surface area contributed by atoms with Gasteiger partial charge in [-0.05, 0) is 38.0 Å². The maximum Gasteiger partial charge on any atom is 0.272 e. The van der Waals surface area contributed by atoms with Crippen LogP contribution in [0, 0.1) is 0 Å². The summed E-state index contributed by atoms with van der Waals surface area (Å²) in [5.74, 6) is 0.424. The molecule has 1 rings (SSSR count). The molecule has 0 unspecified atom stereocenters. The normalized spacial score (nSPS) is 11.3. The van der Waals surface area contributed by atoms with Crippen LogP contribution in [0.15, 0.2) is 30.2 Å². The van der Waals surface area contributed by atoms with Crippen LogP contribution in [0.2, 0.25) is 0 Å². The van der Waals surface area contributed by atoms with Gasteiger partial charge in [-0.2, -0.15) is 0 Å². The fourth-order valence-electron chi connectivity index (χ4n) is 1.65. The van der Waals surface area contributed by atoms with Gasteiger partial charge in [0.05, 0.1) is 12.5 Å². The smallest absolute Gasteiger partial charge is 0.272 e. The molecule has 0 bridgehead atoms. The molecule has 0 radical (unpaired) electrons. The lowest BCUT2D eigenvalue weighted by atomic mass is 10.2. The Bertz CT molecular complexity index is 453. The zero-order valence-electron chi connectivity index (χ0n) is 12.2. The fourth-order valence-corrected chi connectivity index (χ4v) is 1.65. The van der Waals surface area contributed by atoms with Crippen LogP contribution in [0.1, 0.15) is 37.7 Å². The van der Waals surface area contributed by atoms with E-state index in [1.54, 1.807) is 17.0 Å². The molecule has 0 spiro atoms. The first-order valence-electron chi connectivity index (χ1n) is 6.82. The van der Waals surface area contributed by atoms with Gasteiger partial charge in [-0.3, -0.25) is 4.79 Å². The number of hydrogen-bond donors (Lipinski definition) is 0. The molecule has 5 heteroatoms. The van der Waals surface area contributed by atoms with Crippen molar-refractivity contribution < 1.29 is 13.9 Å². The highest BCUT2D eigenvalue weighted by molar-refractivity contribution is 5.92. The molecule has 0 fully saturated rings. The highest BCUT2D eigenvalue weighted by Gasteiger charge is 2.13. The molecular formula is C15H21FN2O2. The van der Waals surface area contributed by atoms with Crippen LogP contribution in [-0.4, -0.2) is 35.5 Å². The second-order valence-electron chi connectivity index (χ2n) is 4.27. The van der Waals surface area contributed by atoms with Crippen molar-refractivity contribution in [1.29, 1.82) is 0 Å². The number of carbonyl (C=O) groups excluding carboxylic acids is 1. The molecule has 0 aliphatic carbocycles. The minimum Gasteiger partial charge on any atom is -0.488 e. The minimum atomic E-state index is -0.0977. The van der Waals surface area contributed by atoms with Crippen molar-refractivity contribution in [3.63, 3.8) is 0 Å². The average molecular weight is 280 g/mol. The predicted molar refractivity (Wildman–Crippen MR) is 76.5 cm³/mol. The molecule has 1 aromatic rings. The van der Waals surface area contributed by atoms with Crippen LogP contribution in [0.5, 0.6) is 5.75 Å². The van der Waals surface area contributed by atoms with E-state index in [9.17, 15) is 9.18 Å². The minimum absolute atomic E-state index is 0.0977. The standard InChI is InChI=1S/C15H21FN2O2/c1-4-12(9-16)11-20-13-7-8-14(17-10-13)15(19)18(5-2)6-3/h7-10H,4-6,11H2,1-3H3/b12-9+. The van der Waals surface area contributed by atoms with Crippen molar-refractivity contribution in [2.45, 2.75) is 27.2 Å². The van der Waals surface area contributed by atoms with Crippen LogP contribution >= 0.6 is 0 Å². The number of hydrogen-bond acceptors (Lipinski definition) is 3. The SMILES string of the molecule is CC/C(=C\F)COc1ccc(C(=O)N(CC)CC)nc1. The highest BCUT2D eigenvalue weighted by atomic mass is 19.1. The molecule has 20 heavy (non-hydrogen) atoms. The second-order valence-corrected chi connectivity index (χ2v) is 4.27. The van der Waals surface area contributed by atoms with Crippen LogP contribution in [0.3, 0.4) is 0 Å². The molecule has 0 saturated carbocycles. The van der Waals surface area contributed by atoms with Crippen LogP contribution < -0.4 is 4.74 Å². The van der Waals surface area contributed by atoms with Crippen molar-refractivity contribution >= 4 is 5.91 Å². The summed E-state index contributed by atoms with van der Waals surface area (Å²) in [7, 11) is 0. The van der Waals surface area contributed by atoms with Gasteiger partial charge in [0.1, 0.15) is 18.1 Å². The number of pyridine rings is 1. The van der Waals surface area contributed by atoms with Gasteiger partial charge in [0, 0.05) is 13.1 Å². The Hall–Kier alpha value is -1.91. The zero-order chi connectivity index (χ0) is 15.0. The summed E-state index contributed by atoms with van der Waals surface area (Å²) in [6.07, 6.45) is 2.65. The molecule has 1 aromatic heterocycles. The topological polar surface area (TPSA) is 42.4 Å². The number of carbonyl (C=O) groups is 1. The Kier molecular flexibility index (Phi) is 6.70. The molecule has 1 heterocycles. The van der Waals surface area contributed by atoms with Crippen molar-refractivity contribution in [3.05, 3.63) is 35.9 Å². The molecule has 0 aliphatic rings. The maximum absolute atomic E-state index is 12.4. The highest BCUT2D eigenvalue weighted by Crippen LogP contribution is 2.13. The van der Waals surface area contributed by atoms with Gasteiger partial charge < -0.3 is 9.64 Å². The Balaban J connectivity index is 2.67. The number of amides is 1. The van der Waals surface area contributed by atoms with Crippen molar-refractivity contribution in [1.82, 2.24) is 9.88 Å². The zero-order valence-corrected chi connectivity index (χ0v) is 12.2. The van der Waals surface area contributed by atoms with Gasteiger partial charge in [-0.15, -0.1) is 0 Å². The Morgan fingerprint density at radius 3 is 2.50 bits per heavy atom. The molecular weight excluding hydrogens is 259 g/mol. The van der Waals surface area contributed by atoms with E-state index in [0.717, 1.165) is 0 Å². The van der Waals surface area contributed by atoms with E-state index in [2.05, 4.69) is 4.98 Å². The molecule has 0 N–H and O–H groups in total. The molecule has 0 aromatic carbocycles. The van der Waals surface area contributed by atoms with Crippen LogP contribution in [0.25, 0.3) is 0 Å². The number of ether oxygens (including phenoxy) is 1. The van der Waals surface area contributed by atoms with E-state index in [4.69, 9.17) is 4.74 Å². The number of rotatable bonds is 7. The van der Waals surface area contributed by atoms with Gasteiger partial charge in [-0.1, -0.05) is 6.92 Å². The average Bonchev–Trinajstić information content (AvgIpc) is 2.50. The third-order valence-corrected chi connectivity index (χ3v) is 3.04. The van der Waals surface area contributed by atoms with E-state index in [0.29, 0.717) is 42.9 Å². The van der Waals surface area contributed by atoms with Gasteiger partial charge >= 0.3 is 0 Å². The van der Waals surface area contributed by atoms with Crippen molar-refractivity contribution in [2.75, 3.05) is 19.7 Å². The summed E-state index contributed by atoms with van der Waals surface area (Å²) in [4.78, 5) is 17.8. The monoisotopic (exact) mass is 280 g/mol. The fraction of sp³-hybridized carbons (Fsp3) is 0.467. The van der Waals surface area contributed by atoms with Gasteiger partial charge in [0.25, 0.3) is 5.91 Å². The number of halogens is 1. The third kappa shape index (κ3) is 4.33. The summed E-state index contributed by atoms with van der Waals surface area (Å²) in [5, 5.41) is 0. The Labute approximate surface area is 119 Å². The van der Waals surface area contributed by atoms with Crippen LogP contribution in [0.4, 0.5) is 4.39 Å². The Morgan fingerprint density at radius 2 is 2.05 bits per heavy atom. The first-order valence-corrected chi connectivity index (χ1v) is 6.82. The Morgan fingerprint density at radius 1 is 1.35 bits per heavy atom. The molecule has 0 aliphatic heterocycles. The summed E-state index contributed by atoms with van der Waals surface area (Å²) in [6.45, 7) is 7.20. The van der Waals surface area contributed by atoms with E-state index in [1.807, 2.05) is 20.8 Å². The number of nitrogens with zero attached hydrogens (tertiary/aromatic N) is 2. The lowest BCUT2D eigenvalue weighted by molar-refractivity contribution is 0.0767. The summed E-state index contributed by atoms with van der Waals surface area (Å²) >= 11 is 0. The van der Waals surface area contributed by atoms with Gasteiger partial charge in [0.2, 0.25) is 0 Å². The lowest BCUT2D eigenvalue weighted by Gasteiger charge is -2.17. The van der Waals surface area contributed by atoms with E-state index < -0.39 is 0 Å². The quantitative estimate of drug-likeness (QED) is 0.770.